The van der Waals surface area contributed by atoms with Gasteiger partial charge in [0.15, 0.2) is 0 Å². The van der Waals surface area contributed by atoms with Gasteiger partial charge in [-0.05, 0) is 48.9 Å². The van der Waals surface area contributed by atoms with Crippen LogP contribution in [0.1, 0.15) is 40.9 Å². The molecule has 2 aliphatic rings. The van der Waals surface area contributed by atoms with Gasteiger partial charge in [0, 0.05) is 32.3 Å². The molecular formula is C22H27N3O3. The van der Waals surface area contributed by atoms with Gasteiger partial charge >= 0.3 is 0 Å². The van der Waals surface area contributed by atoms with Crippen LogP contribution in [0.5, 0.6) is 0 Å². The summed E-state index contributed by atoms with van der Waals surface area (Å²) in [5.41, 5.74) is 3.10. The maximum absolute atomic E-state index is 13.2. The topological polar surface area (TPSA) is 74.4 Å². The summed E-state index contributed by atoms with van der Waals surface area (Å²) in [6, 6.07) is 11.7. The Labute approximate surface area is 165 Å². The SMILES string of the molecule is CO[C@@H]1CC[C@H](C(=O)N2CCc3ccccc3C2)C[C@H]1NC(=O)c1ccc[nH]1. The smallest absolute Gasteiger partial charge is 0.267 e. The molecule has 1 aliphatic heterocycles. The molecule has 1 fully saturated rings. The first-order chi connectivity index (χ1) is 13.7. The van der Waals surface area contributed by atoms with E-state index >= 15 is 0 Å². The largest absolute Gasteiger partial charge is 0.379 e. The molecule has 2 amide bonds. The molecule has 0 spiro atoms. The highest BCUT2D eigenvalue weighted by Crippen LogP contribution is 2.30. The Hall–Kier alpha value is -2.60. The minimum atomic E-state index is -0.166. The predicted octanol–water partition coefficient (Wildman–Crippen LogP) is 2.51. The number of benzene rings is 1. The van der Waals surface area contributed by atoms with Gasteiger partial charge in [0.2, 0.25) is 5.91 Å². The summed E-state index contributed by atoms with van der Waals surface area (Å²) in [6.45, 7) is 1.44. The van der Waals surface area contributed by atoms with Gasteiger partial charge in [-0.3, -0.25) is 9.59 Å². The van der Waals surface area contributed by atoms with Crippen molar-refractivity contribution in [3.05, 3.63) is 59.4 Å². The highest BCUT2D eigenvalue weighted by molar-refractivity contribution is 5.92. The number of H-pyrrole nitrogens is 1. The predicted molar refractivity (Wildman–Crippen MR) is 106 cm³/mol. The molecule has 1 aliphatic carbocycles. The molecule has 6 nitrogen and oxygen atoms in total. The molecule has 2 N–H and O–H groups in total. The molecule has 0 unspecified atom stereocenters. The summed E-state index contributed by atoms with van der Waals surface area (Å²) in [4.78, 5) is 30.5. The second-order valence-corrected chi connectivity index (χ2v) is 7.73. The average molecular weight is 381 g/mol. The highest BCUT2D eigenvalue weighted by atomic mass is 16.5. The van der Waals surface area contributed by atoms with E-state index in [1.807, 2.05) is 11.0 Å². The number of rotatable bonds is 4. The zero-order valence-corrected chi connectivity index (χ0v) is 16.2. The van der Waals surface area contributed by atoms with E-state index in [1.165, 1.54) is 11.1 Å². The first-order valence-corrected chi connectivity index (χ1v) is 9.98. The third-order valence-electron chi connectivity index (χ3n) is 6.04. The Morgan fingerprint density at radius 1 is 1.14 bits per heavy atom. The zero-order chi connectivity index (χ0) is 19.5. The van der Waals surface area contributed by atoms with Gasteiger partial charge in [-0.2, -0.15) is 0 Å². The highest BCUT2D eigenvalue weighted by Gasteiger charge is 2.37. The molecule has 1 saturated carbocycles. The minimum Gasteiger partial charge on any atom is -0.379 e. The van der Waals surface area contributed by atoms with E-state index in [0.717, 1.165) is 25.8 Å². The normalized spacial score (nSPS) is 24.5. The van der Waals surface area contributed by atoms with Gasteiger partial charge in [0.25, 0.3) is 5.91 Å². The Balaban J connectivity index is 1.42. The minimum absolute atomic E-state index is 0.0648. The van der Waals surface area contributed by atoms with Crippen LogP contribution in [0.15, 0.2) is 42.6 Å². The van der Waals surface area contributed by atoms with E-state index in [-0.39, 0.29) is 29.9 Å². The third kappa shape index (κ3) is 3.83. The second kappa shape index (κ2) is 8.19. The van der Waals surface area contributed by atoms with Crippen LogP contribution in [0, 0.1) is 5.92 Å². The molecule has 2 aromatic rings. The number of methoxy groups -OCH3 is 1. The average Bonchev–Trinajstić information content (AvgIpc) is 3.28. The first kappa shape index (κ1) is 18.7. The van der Waals surface area contributed by atoms with E-state index < -0.39 is 0 Å². The van der Waals surface area contributed by atoms with Crippen LogP contribution in [-0.2, 0) is 22.5 Å². The monoisotopic (exact) mass is 381 g/mol. The quantitative estimate of drug-likeness (QED) is 0.855. The van der Waals surface area contributed by atoms with Crippen LogP contribution in [0.25, 0.3) is 0 Å². The second-order valence-electron chi connectivity index (χ2n) is 7.73. The molecule has 3 atom stereocenters. The number of ether oxygens (including phenoxy) is 1. The fourth-order valence-electron chi connectivity index (χ4n) is 4.46. The summed E-state index contributed by atoms with van der Waals surface area (Å²) in [5, 5.41) is 3.06. The number of nitrogens with zero attached hydrogens (tertiary/aromatic N) is 1. The lowest BCUT2D eigenvalue weighted by Crippen LogP contribution is -2.51. The zero-order valence-electron chi connectivity index (χ0n) is 16.2. The van der Waals surface area contributed by atoms with Crippen LogP contribution in [-0.4, -0.2) is 47.5 Å². The Bertz CT molecular complexity index is 833. The summed E-state index contributed by atoms with van der Waals surface area (Å²) < 4.78 is 5.59. The van der Waals surface area contributed by atoms with Gasteiger partial charge in [-0.15, -0.1) is 0 Å². The lowest BCUT2D eigenvalue weighted by atomic mass is 9.82. The third-order valence-corrected chi connectivity index (χ3v) is 6.04. The number of carbonyl (C=O) groups excluding carboxylic acids is 2. The van der Waals surface area contributed by atoms with Crippen molar-refractivity contribution >= 4 is 11.8 Å². The van der Waals surface area contributed by atoms with Crippen molar-refractivity contribution in [1.82, 2.24) is 15.2 Å². The first-order valence-electron chi connectivity index (χ1n) is 9.98. The van der Waals surface area contributed by atoms with Gasteiger partial charge < -0.3 is 19.9 Å². The lowest BCUT2D eigenvalue weighted by Gasteiger charge is -2.38. The maximum Gasteiger partial charge on any atom is 0.267 e. The molecule has 4 rings (SSSR count). The molecule has 6 heteroatoms. The fourth-order valence-corrected chi connectivity index (χ4v) is 4.46. The van der Waals surface area contributed by atoms with E-state index in [2.05, 4.69) is 28.5 Å². The molecule has 28 heavy (non-hydrogen) atoms. The molecule has 148 valence electrons. The van der Waals surface area contributed by atoms with Crippen LogP contribution in [0.4, 0.5) is 0 Å². The van der Waals surface area contributed by atoms with Crippen molar-refractivity contribution in [2.24, 2.45) is 5.92 Å². The van der Waals surface area contributed by atoms with Crippen molar-refractivity contribution in [2.75, 3.05) is 13.7 Å². The van der Waals surface area contributed by atoms with Gasteiger partial charge in [-0.1, -0.05) is 24.3 Å². The Kier molecular flexibility index (Phi) is 5.48. The molecule has 1 aromatic heterocycles. The molecule has 0 bridgehead atoms. The maximum atomic E-state index is 13.2. The standard InChI is InChI=1S/C22H27N3O3/c1-28-20-9-8-16(13-19(20)24-21(26)18-7-4-11-23-18)22(27)25-12-10-15-5-2-3-6-17(15)14-25/h2-7,11,16,19-20,23H,8-10,12-14H2,1H3,(H,24,26)/t16-,19+,20+/m0/s1. The van der Waals surface area contributed by atoms with Crippen molar-refractivity contribution in [2.45, 2.75) is 44.4 Å². The van der Waals surface area contributed by atoms with E-state index in [1.54, 1.807) is 25.4 Å². The molecule has 0 saturated heterocycles. The summed E-state index contributed by atoms with van der Waals surface area (Å²) in [5.74, 6) is -0.0363. The number of nitrogens with one attached hydrogen (secondary N) is 2. The summed E-state index contributed by atoms with van der Waals surface area (Å²) in [6.07, 6.45) is 4.75. The number of hydrogen-bond acceptors (Lipinski definition) is 3. The van der Waals surface area contributed by atoms with Crippen molar-refractivity contribution in [3.8, 4) is 0 Å². The molecule has 1 aromatic carbocycles. The van der Waals surface area contributed by atoms with E-state index in [9.17, 15) is 9.59 Å². The Morgan fingerprint density at radius 2 is 1.96 bits per heavy atom. The fraction of sp³-hybridized carbons (Fsp3) is 0.455. The number of carbonyl (C=O) groups is 2. The number of hydrogen-bond donors (Lipinski definition) is 2. The van der Waals surface area contributed by atoms with Crippen molar-refractivity contribution in [1.29, 1.82) is 0 Å². The number of fused-ring (bicyclic) bond motifs is 1. The summed E-state index contributed by atoms with van der Waals surface area (Å²) in [7, 11) is 1.67. The van der Waals surface area contributed by atoms with Crippen LogP contribution >= 0.6 is 0 Å². The van der Waals surface area contributed by atoms with Crippen LogP contribution < -0.4 is 5.32 Å². The van der Waals surface area contributed by atoms with Crippen molar-refractivity contribution in [3.63, 3.8) is 0 Å². The van der Waals surface area contributed by atoms with Crippen LogP contribution in [0.2, 0.25) is 0 Å². The summed E-state index contributed by atoms with van der Waals surface area (Å²) >= 11 is 0. The molecule has 0 radical (unpaired) electrons. The molecule has 2 heterocycles. The lowest BCUT2D eigenvalue weighted by molar-refractivity contribution is -0.139. The van der Waals surface area contributed by atoms with E-state index in [0.29, 0.717) is 18.7 Å². The number of aromatic nitrogens is 1. The van der Waals surface area contributed by atoms with E-state index in [4.69, 9.17) is 4.74 Å². The van der Waals surface area contributed by atoms with Gasteiger partial charge in [0.1, 0.15) is 5.69 Å². The van der Waals surface area contributed by atoms with Gasteiger partial charge in [0.05, 0.1) is 12.1 Å². The molecular weight excluding hydrogens is 354 g/mol. The van der Waals surface area contributed by atoms with Crippen molar-refractivity contribution < 1.29 is 14.3 Å². The number of amides is 2. The van der Waals surface area contributed by atoms with Crippen LogP contribution in [0.3, 0.4) is 0 Å². The van der Waals surface area contributed by atoms with Gasteiger partial charge in [-0.25, -0.2) is 0 Å². The Morgan fingerprint density at radius 3 is 2.71 bits per heavy atom. The number of aromatic amines is 1.